The molecule has 0 aliphatic heterocycles. The lowest BCUT2D eigenvalue weighted by atomic mass is 10.1. The summed E-state index contributed by atoms with van der Waals surface area (Å²) in [7, 11) is 0. The zero-order valence-electron chi connectivity index (χ0n) is 13.6. The number of hydrogen-bond donors (Lipinski definition) is 0. The Kier molecular flexibility index (Phi) is 3.72. The van der Waals surface area contributed by atoms with Crippen LogP contribution in [0.2, 0.25) is 0 Å². The molecule has 2 nitrogen and oxygen atoms in total. The fraction of sp³-hybridized carbons (Fsp3) is 0.0455. The predicted molar refractivity (Wildman–Crippen MR) is 99.2 cm³/mol. The van der Waals surface area contributed by atoms with Crippen LogP contribution in [0.25, 0.3) is 28.3 Å². The Morgan fingerprint density at radius 3 is 1.96 bits per heavy atom. The van der Waals surface area contributed by atoms with E-state index in [1.807, 2.05) is 24.3 Å². The van der Waals surface area contributed by atoms with Crippen molar-refractivity contribution in [3.8, 4) is 28.3 Å². The van der Waals surface area contributed by atoms with Crippen molar-refractivity contribution in [1.82, 2.24) is 9.55 Å². The van der Waals surface area contributed by atoms with Crippen LogP contribution >= 0.6 is 0 Å². The highest BCUT2D eigenvalue weighted by atomic mass is 15.1. The molecule has 0 amide bonds. The van der Waals surface area contributed by atoms with Gasteiger partial charge in [0.15, 0.2) is 0 Å². The minimum atomic E-state index is 0.958. The molecule has 24 heavy (non-hydrogen) atoms. The molecule has 0 fully saturated rings. The number of rotatable bonds is 3. The topological polar surface area (TPSA) is 17.8 Å². The Bertz CT molecular complexity index is 936. The van der Waals surface area contributed by atoms with Crippen molar-refractivity contribution in [3.63, 3.8) is 0 Å². The molecule has 0 unspecified atom stereocenters. The van der Waals surface area contributed by atoms with Gasteiger partial charge in [-0.2, -0.15) is 0 Å². The summed E-state index contributed by atoms with van der Waals surface area (Å²) in [5, 5.41) is 0. The first-order valence-electron chi connectivity index (χ1n) is 8.08. The van der Waals surface area contributed by atoms with Gasteiger partial charge in [0.1, 0.15) is 5.82 Å². The van der Waals surface area contributed by atoms with Crippen molar-refractivity contribution in [3.05, 3.63) is 96.7 Å². The lowest BCUT2D eigenvalue weighted by Gasteiger charge is -2.07. The van der Waals surface area contributed by atoms with Crippen molar-refractivity contribution in [2.75, 3.05) is 0 Å². The van der Waals surface area contributed by atoms with Crippen LogP contribution in [-0.2, 0) is 0 Å². The summed E-state index contributed by atoms with van der Waals surface area (Å²) in [5.74, 6) is 0.958. The van der Waals surface area contributed by atoms with Crippen molar-refractivity contribution in [2.45, 2.75) is 6.92 Å². The average Bonchev–Trinajstić information content (AvgIpc) is 3.09. The van der Waals surface area contributed by atoms with Gasteiger partial charge in [0.05, 0.1) is 5.69 Å². The summed E-state index contributed by atoms with van der Waals surface area (Å²) in [6.07, 6.45) is 2.11. The molecule has 0 spiro atoms. The van der Waals surface area contributed by atoms with Gasteiger partial charge in [-0.05, 0) is 19.1 Å². The monoisotopic (exact) mass is 310 g/mol. The third-order valence-electron chi connectivity index (χ3n) is 4.12. The first-order valence-corrected chi connectivity index (χ1v) is 8.08. The lowest BCUT2D eigenvalue weighted by Crippen LogP contribution is -1.95. The van der Waals surface area contributed by atoms with E-state index < -0.39 is 0 Å². The molecule has 0 aliphatic rings. The molecule has 0 saturated heterocycles. The molecule has 0 saturated carbocycles. The Balaban J connectivity index is 1.90. The smallest absolute Gasteiger partial charge is 0.145 e. The molecule has 1 heterocycles. The van der Waals surface area contributed by atoms with Gasteiger partial charge in [-0.1, -0.05) is 78.4 Å². The van der Waals surface area contributed by atoms with Crippen LogP contribution in [0.3, 0.4) is 0 Å². The van der Waals surface area contributed by atoms with Gasteiger partial charge in [0, 0.05) is 23.0 Å². The minimum Gasteiger partial charge on any atom is -0.299 e. The Morgan fingerprint density at radius 1 is 0.667 bits per heavy atom. The summed E-state index contributed by atoms with van der Waals surface area (Å²) < 4.78 is 2.16. The summed E-state index contributed by atoms with van der Waals surface area (Å²) in [6.45, 7) is 2.10. The van der Waals surface area contributed by atoms with E-state index in [2.05, 4.69) is 78.4 Å². The van der Waals surface area contributed by atoms with Crippen molar-refractivity contribution in [1.29, 1.82) is 0 Å². The maximum atomic E-state index is 4.92. The molecule has 0 atom stereocenters. The summed E-state index contributed by atoms with van der Waals surface area (Å²) in [6, 6.07) is 29.2. The third-order valence-corrected chi connectivity index (χ3v) is 4.12. The minimum absolute atomic E-state index is 0.958. The second kappa shape index (κ2) is 6.17. The molecular weight excluding hydrogens is 292 g/mol. The molecular formula is C22H18N2. The molecule has 4 aromatic rings. The second-order valence-electron chi connectivity index (χ2n) is 5.89. The van der Waals surface area contributed by atoms with Gasteiger partial charge >= 0.3 is 0 Å². The van der Waals surface area contributed by atoms with Gasteiger partial charge in [0.2, 0.25) is 0 Å². The standard InChI is InChI=1S/C22H18N2/c1-17-12-14-19(15-13-17)22-23-21(18-8-4-2-5-9-18)16-24(22)20-10-6-3-7-11-20/h2-16H,1H3. The molecule has 3 aromatic carbocycles. The summed E-state index contributed by atoms with van der Waals surface area (Å²) >= 11 is 0. The van der Waals surface area contributed by atoms with Gasteiger partial charge in [-0.25, -0.2) is 4.98 Å². The number of aromatic nitrogens is 2. The second-order valence-corrected chi connectivity index (χ2v) is 5.89. The highest BCUT2D eigenvalue weighted by molar-refractivity contribution is 5.67. The quantitative estimate of drug-likeness (QED) is 0.487. The van der Waals surface area contributed by atoms with E-state index in [4.69, 9.17) is 4.98 Å². The number of benzene rings is 3. The molecule has 0 radical (unpaired) electrons. The van der Waals surface area contributed by atoms with Gasteiger partial charge in [0.25, 0.3) is 0 Å². The zero-order chi connectivity index (χ0) is 16.4. The van der Waals surface area contributed by atoms with Crippen LogP contribution in [0.15, 0.2) is 91.1 Å². The highest BCUT2D eigenvalue weighted by Crippen LogP contribution is 2.27. The van der Waals surface area contributed by atoms with E-state index >= 15 is 0 Å². The van der Waals surface area contributed by atoms with Crippen LogP contribution in [0.4, 0.5) is 0 Å². The number of aryl methyl sites for hydroxylation is 1. The van der Waals surface area contributed by atoms with Crippen molar-refractivity contribution < 1.29 is 0 Å². The number of imidazole rings is 1. The molecule has 4 rings (SSSR count). The highest BCUT2D eigenvalue weighted by Gasteiger charge is 2.12. The van der Waals surface area contributed by atoms with Crippen LogP contribution in [0, 0.1) is 6.92 Å². The third kappa shape index (κ3) is 2.74. The van der Waals surface area contributed by atoms with E-state index in [0.29, 0.717) is 0 Å². The molecule has 0 bridgehead atoms. The fourth-order valence-corrected chi connectivity index (χ4v) is 2.82. The van der Waals surface area contributed by atoms with Crippen LogP contribution in [0.1, 0.15) is 5.56 Å². The van der Waals surface area contributed by atoms with E-state index in [9.17, 15) is 0 Å². The largest absolute Gasteiger partial charge is 0.299 e. The number of hydrogen-bond acceptors (Lipinski definition) is 1. The van der Waals surface area contributed by atoms with E-state index in [1.165, 1.54) is 5.56 Å². The lowest BCUT2D eigenvalue weighted by molar-refractivity contribution is 1.07. The zero-order valence-corrected chi connectivity index (χ0v) is 13.6. The van der Waals surface area contributed by atoms with E-state index in [0.717, 1.165) is 28.3 Å². The van der Waals surface area contributed by atoms with Crippen molar-refractivity contribution in [2.24, 2.45) is 0 Å². The van der Waals surface area contributed by atoms with E-state index in [1.54, 1.807) is 0 Å². The Hall–Kier alpha value is -3.13. The van der Waals surface area contributed by atoms with Crippen molar-refractivity contribution >= 4 is 0 Å². The van der Waals surface area contributed by atoms with Gasteiger partial charge in [-0.3, -0.25) is 4.57 Å². The number of nitrogens with zero attached hydrogens (tertiary/aromatic N) is 2. The Morgan fingerprint density at radius 2 is 1.29 bits per heavy atom. The van der Waals surface area contributed by atoms with Crippen LogP contribution in [0.5, 0.6) is 0 Å². The first kappa shape index (κ1) is 14.5. The van der Waals surface area contributed by atoms with E-state index in [-0.39, 0.29) is 0 Å². The van der Waals surface area contributed by atoms with Crippen LogP contribution < -0.4 is 0 Å². The summed E-state index contributed by atoms with van der Waals surface area (Å²) in [4.78, 5) is 4.92. The van der Waals surface area contributed by atoms with Crippen LogP contribution in [-0.4, -0.2) is 9.55 Å². The molecule has 2 heteroatoms. The normalized spacial score (nSPS) is 10.7. The van der Waals surface area contributed by atoms with Gasteiger partial charge in [-0.15, -0.1) is 0 Å². The molecule has 116 valence electrons. The first-order chi connectivity index (χ1) is 11.8. The molecule has 0 N–H and O–H groups in total. The number of para-hydroxylation sites is 1. The molecule has 1 aromatic heterocycles. The average molecular weight is 310 g/mol. The predicted octanol–water partition coefficient (Wildman–Crippen LogP) is 5.51. The summed E-state index contributed by atoms with van der Waals surface area (Å²) in [5.41, 5.74) is 5.59. The maximum absolute atomic E-state index is 4.92. The maximum Gasteiger partial charge on any atom is 0.145 e. The Labute approximate surface area is 142 Å². The fourth-order valence-electron chi connectivity index (χ4n) is 2.82. The van der Waals surface area contributed by atoms with Gasteiger partial charge < -0.3 is 0 Å². The molecule has 0 aliphatic carbocycles. The SMILES string of the molecule is Cc1ccc(-c2nc(-c3ccccc3)cn2-c2ccccc2)cc1.